The third kappa shape index (κ3) is 3.79. The van der Waals surface area contributed by atoms with Crippen molar-refractivity contribution in [3.63, 3.8) is 0 Å². The summed E-state index contributed by atoms with van der Waals surface area (Å²) in [5.74, 6) is 2.17. The van der Waals surface area contributed by atoms with Crippen molar-refractivity contribution in [3.8, 4) is 17.0 Å². The van der Waals surface area contributed by atoms with Gasteiger partial charge in [-0.3, -0.25) is 9.78 Å². The van der Waals surface area contributed by atoms with E-state index in [2.05, 4.69) is 34.0 Å². The number of rotatable bonds is 6. The van der Waals surface area contributed by atoms with Crippen LogP contribution in [0.3, 0.4) is 0 Å². The van der Waals surface area contributed by atoms with Crippen LogP contribution in [0.15, 0.2) is 47.7 Å². The molecule has 0 saturated heterocycles. The molecular weight excluding hydrogens is 364 g/mol. The van der Waals surface area contributed by atoms with Crippen LogP contribution in [-0.4, -0.2) is 26.1 Å². The molecule has 3 aromatic rings. The molecular formula is C23H24N4O2. The molecule has 0 bridgehead atoms. The second-order valence-electron chi connectivity index (χ2n) is 8.20. The molecule has 2 saturated carbocycles. The van der Waals surface area contributed by atoms with Crippen molar-refractivity contribution in [2.45, 2.75) is 45.1 Å². The number of hydrogen-bond acceptors (Lipinski definition) is 5. The standard InChI is InChI=1S/C23H24N4O2/c1-14-3-7-21(25-10-14)19-9-17(19)13-29-23-20(11-24-15(2)26-23)16-4-8-22(28)27(12-16)18-5-6-18/h3-4,7-8,10-12,17-19H,5-6,9,13H2,1-2H3/t17-,19+/m1/s1. The van der Waals surface area contributed by atoms with E-state index in [4.69, 9.17) is 4.74 Å². The van der Waals surface area contributed by atoms with Crippen molar-refractivity contribution >= 4 is 0 Å². The molecule has 3 heterocycles. The van der Waals surface area contributed by atoms with Gasteiger partial charge in [-0.1, -0.05) is 6.07 Å². The molecule has 6 nitrogen and oxygen atoms in total. The maximum Gasteiger partial charge on any atom is 0.250 e. The Morgan fingerprint density at radius 2 is 1.97 bits per heavy atom. The smallest absolute Gasteiger partial charge is 0.250 e. The zero-order chi connectivity index (χ0) is 20.0. The first-order valence-corrected chi connectivity index (χ1v) is 10.2. The summed E-state index contributed by atoms with van der Waals surface area (Å²) in [6, 6.07) is 8.00. The van der Waals surface area contributed by atoms with Gasteiger partial charge in [-0.25, -0.2) is 4.98 Å². The fourth-order valence-electron chi connectivity index (χ4n) is 3.74. The van der Waals surface area contributed by atoms with Gasteiger partial charge in [0.2, 0.25) is 5.88 Å². The number of pyridine rings is 2. The first-order chi connectivity index (χ1) is 14.1. The van der Waals surface area contributed by atoms with E-state index in [1.54, 1.807) is 12.3 Å². The maximum absolute atomic E-state index is 12.1. The van der Waals surface area contributed by atoms with Gasteiger partial charge >= 0.3 is 0 Å². The quantitative estimate of drug-likeness (QED) is 0.642. The summed E-state index contributed by atoms with van der Waals surface area (Å²) in [5.41, 5.74) is 4.10. The minimum absolute atomic E-state index is 0.0400. The van der Waals surface area contributed by atoms with Crippen molar-refractivity contribution in [1.82, 2.24) is 19.5 Å². The highest BCUT2D eigenvalue weighted by molar-refractivity contribution is 5.66. The molecule has 6 heteroatoms. The molecule has 0 aliphatic heterocycles. The highest BCUT2D eigenvalue weighted by Gasteiger charge is 2.40. The molecule has 5 rings (SSSR count). The van der Waals surface area contributed by atoms with Crippen LogP contribution in [0.25, 0.3) is 11.1 Å². The second kappa shape index (κ2) is 7.10. The van der Waals surface area contributed by atoms with Gasteiger partial charge in [0.1, 0.15) is 5.82 Å². The Morgan fingerprint density at radius 1 is 1.10 bits per heavy atom. The van der Waals surface area contributed by atoms with Gasteiger partial charge in [-0.2, -0.15) is 4.98 Å². The van der Waals surface area contributed by atoms with Crippen molar-refractivity contribution < 1.29 is 4.74 Å². The van der Waals surface area contributed by atoms with Gasteiger partial charge in [-0.15, -0.1) is 0 Å². The van der Waals surface area contributed by atoms with Gasteiger partial charge in [0.25, 0.3) is 5.56 Å². The SMILES string of the molecule is Cc1ccc([C@H]2C[C@@H]2COc2nc(C)ncc2-c2ccc(=O)n(C3CC3)c2)nc1. The summed E-state index contributed by atoms with van der Waals surface area (Å²) in [7, 11) is 0. The van der Waals surface area contributed by atoms with Gasteiger partial charge < -0.3 is 9.30 Å². The van der Waals surface area contributed by atoms with Gasteiger partial charge in [0, 0.05) is 53.8 Å². The monoisotopic (exact) mass is 388 g/mol. The third-order valence-corrected chi connectivity index (χ3v) is 5.73. The summed E-state index contributed by atoms with van der Waals surface area (Å²) in [4.78, 5) is 25.6. The van der Waals surface area contributed by atoms with Crippen LogP contribution in [0.1, 0.15) is 48.3 Å². The Morgan fingerprint density at radius 3 is 2.72 bits per heavy atom. The molecule has 2 atom stereocenters. The Bertz CT molecular complexity index is 1100. The number of aromatic nitrogens is 4. The van der Waals surface area contributed by atoms with Gasteiger partial charge in [-0.05, 0) is 50.8 Å². The van der Waals surface area contributed by atoms with E-state index in [0.717, 1.165) is 36.1 Å². The lowest BCUT2D eigenvalue weighted by Gasteiger charge is -2.12. The Labute approximate surface area is 169 Å². The molecule has 0 aromatic carbocycles. The first-order valence-electron chi connectivity index (χ1n) is 10.2. The second-order valence-corrected chi connectivity index (χ2v) is 8.20. The summed E-state index contributed by atoms with van der Waals surface area (Å²) >= 11 is 0. The van der Waals surface area contributed by atoms with Crippen molar-refractivity contribution in [3.05, 3.63) is 70.3 Å². The highest BCUT2D eigenvalue weighted by Crippen LogP contribution is 2.47. The third-order valence-electron chi connectivity index (χ3n) is 5.73. The molecule has 0 radical (unpaired) electrons. The van der Waals surface area contributed by atoms with E-state index in [1.807, 2.05) is 30.0 Å². The lowest BCUT2D eigenvalue weighted by Crippen LogP contribution is -2.17. The van der Waals surface area contributed by atoms with Crippen LogP contribution < -0.4 is 10.3 Å². The largest absolute Gasteiger partial charge is 0.477 e. The van der Waals surface area contributed by atoms with E-state index >= 15 is 0 Å². The summed E-state index contributed by atoms with van der Waals surface area (Å²) < 4.78 is 7.97. The predicted octanol–water partition coefficient (Wildman–Crippen LogP) is 3.83. The number of ether oxygens (including phenoxy) is 1. The Hall–Kier alpha value is -3.02. The van der Waals surface area contributed by atoms with Crippen molar-refractivity contribution in [2.75, 3.05) is 6.61 Å². The number of nitrogens with zero attached hydrogens (tertiary/aromatic N) is 4. The van der Waals surface area contributed by atoms with Gasteiger partial charge in [0.15, 0.2) is 0 Å². The molecule has 2 aliphatic rings. The number of aryl methyl sites for hydroxylation is 2. The van der Waals surface area contributed by atoms with Crippen molar-refractivity contribution in [1.29, 1.82) is 0 Å². The molecule has 0 spiro atoms. The van der Waals surface area contributed by atoms with Crippen LogP contribution in [0, 0.1) is 19.8 Å². The number of hydrogen-bond donors (Lipinski definition) is 0. The summed E-state index contributed by atoms with van der Waals surface area (Å²) in [5, 5.41) is 0. The average Bonchev–Trinajstić information content (AvgIpc) is 3.62. The molecule has 0 unspecified atom stereocenters. The van der Waals surface area contributed by atoms with E-state index in [-0.39, 0.29) is 5.56 Å². The molecule has 2 fully saturated rings. The van der Waals surface area contributed by atoms with Crippen LogP contribution in [-0.2, 0) is 0 Å². The fourth-order valence-corrected chi connectivity index (χ4v) is 3.74. The molecule has 2 aliphatic carbocycles. The summed E-state index contributed by atoms with van der Waals surface area (Å²) in [6.45, 7) is 4.51. The van der Waals surface area contributed by atoms with E-state index in [9.17, 15) is 4.79 Å². The maximum atomic E-state index is 12.1. The normalized spacial score (nSPS) is 20.5. The molecule has 148 valence electrons. The van der Waals surface area contributed by atoms with E-state index in [0.29, 0.717) is 36.2 Å². The Balaban J connectivity index is 1.35. The van der Waals surface area contributed by atoms with Crippen LogP contribution in [0.2, 0.25) is 0 Å². The summed E-state index contributed by atoms with van der Waals surface area (Å²) in [6.07, 6.45) is 8.84. The zero-order valence-corrected chi connectivity index (χ0v) is 16.7. The van der Waals surface area contributed by atoms with Gasteiger partial charge in [0.05, 0.1) is 12.2 Å². The van der Waals surface area contributed by atoms with E-state index in [1.165, 1.54) is 5.56 Å². The minimum Gasteiger partial charge on any atom is -0.477 e. The minimum atomic E-state index is 0.0400. The van der Waals surface area contributed by atoms with Crippen LogP contribution >= 0.6 is 0 Å². The lowest BCUT2D eigenvalue weighted by atomic mass is 10.1. The fraction of sp³-hybridized carbons (Fsp3) is 0.391. The Kier molecular flexibility index (Phi) is 4.42. The van der Waals surface area contributed by atoms with E-state index < -0.39 is 0 Å². The lowest BCUT2D eigenvalue weighted by molar-refractivity contribution is 0.285. The van der Waals surface area contributed by atoms with Crippen LogP contribution in [0.4, 0.5) is 0 Å². The average molecular weight is 388 g/mol. The van der Waals surface area contributed by atoms with Crippen LogP contribution in [0.5, 0.6) is 5.88 Å². The highest BCUT2D eigenvalue weighted by atomic mass is 16.5. The topological polar surface area (TPSA) is 69.9 Å². The van der Waals surface area contributed by atoms with Crippen molar-refractivity contribution in [2.24, 2.45) is 5.92 Å². The molecule has 0 amide bonds. The predicted molar refractivity (Wildman–Crippen MR) is 110 cm³/mol. The molecule has 0 N–H and O–H groups in total. The first kappa shape index (κ1) is 18.0. The molecule has 3 aromatic heterocycles. The molecule has 29 heavy (non-hydrogen) atoms. The zero-order valence-electron chi connectivity index (χ0n) is 16.7.